The number of aryl methyl sites for hydroxylation is 1. The molecule has 27 heavy (non-hydrogen) atoms. The molecule has 0 unspecified atom stereocenters. The van der Waals surface area contributed by atoms with Crippen molar-refractivity contribution in [3.05, 3.63) is 96.6 Å². The van der Waals surface area contributed by atoms with Gasteiger partial charge in [-0.3, -0.25) is 0 Å². The van der Waals surface area contributed by atoms with Gasteiger partial charge in [0.1, 0.15) is 11.5 Å². The predicted octanol–water partition coefficient (Wildman–Crippen LogP) is 5.37. The van der Waals surface area contributed by atoms with Crippen LogP contribution in [0.5, 0.6) is 11.5 Å². The number of rotatable bonds is 7. The van der Waals surface area contributed by atoms with Gasteiger partial charge in [0.25, 0.3) is 0 Å². The maximum absolute atomic E-state index is 12.1. The second-order valence-electron chi connectivity index (χ2n) is 6.25. The van der Waals surface area contributed by atoms with Crippen molar-refractivity contribution in [2.24, 2.45) is 0 Å². The Morgan fingerprint density at radius 1 is 0.926 bits per heavy atom. The van der Waals surface area contributed by atoms with Crippen molar-refractivity contribution in [3.8, 4) is 22.6 Å². The van der Waals surface area contributed by atoms with E-state index in [1.807, 2.05) is 36.4 Å². The summed E-state index contributed by atoms with van der Waals surface area (Å²) in [5.74, 6) is 0.731. The van der Waals surface area contributed by atoms with Crippen molar-refractivity contribution in [1.29, 1.82) is 0 Å². The lowest BCUT2D eigenvalue weighted by atomic mass is 10.0. The number of hydrogen-bond donors (Lipinski definition) is 0. The zero-order valence-electron chi connectivity index (χ0n) is 15.4. The molecule has 0 amide bonds. The van der Waals surface area contributed by atoms with Gasteiger partial charge in [-0.05, 0) is 48.2 Å². The summed E-state index contributed by atoms with van der Waals surface area (Å²) in [5.41, 5.74) is 4.41. The third-order valence-corrected chi connectivity index (χ3v) is 4.15. The molecule has 0 aromatic heterocycles. The average Bonchev–Trinajstić information content (AvgIpc) is 2.69. The van der Waals surface area contributed by atoms with Gasteiger partial charge in [-0.25, -0.2) is 4.79 Å². The van der Waals surface area contributed by atoms with Gasteiger partial charge in [0.2, 0.25) is 0 Å². The Morgan fingerprint density at radius 3 is 2.22 bits per heavy atom. The SMILES string of the molecule is C=CCc1ccccc1OCC(=O)Oc1ccc(-c2ccc(C)cc2)cc1. The second-order valence-corrected chi connectivity index (χ2v) is 6.25. The molecule has 0 bridgehead atoms. The van der Waals surface area contributed by atoms with Crippen molar-refractivity contribution in [3.63, 3.8) is 0 Å². The molecular weight excluding hydrogens is 336 g/mol. The highest BCUT2D eigenvalue weighted by atomic mass is 16.6. The third-order valence-electron chi connectivity index (χ3n) is 4.15. The summed E-state index contributed by atoms with van der Waals surface area (Å²) in [6, 6.07) is 23.3. The summed E-state index contributed by atoms with van der Waals surface area (Å²) in [5, 5.41) is 0. The number of carbonyl (C=O) groups excluding carboxylic acids is 1. The highest BCUT2D eigenvalue weighted by Gasteiger charge is 2.09. The number of benzene rings is 3. The largest absolute Gasteiger partial charge is 0.482 e. The molecule has 0 aliphatic rings. The van der Waals surface area contributed by atoms with Crippen molar-refractivity contribution in [1.82, 2.24) is 0 Å². The molecular formula is C24H22O3. The van der Waals surface area contributed by atoms with Gasteiger partial charge in [-0.15, -0.1) is 6.58 Å². The first-order valence-corrected chi connectivity index (χ1v) is 8.85. The second kappa shape index (κ2) is 8.86. The molecule has 0 aliphatic carbocycles. The van der Waals surface area contributed by atoms with Gasteiger partial charge in [0.05, 0.1) is 0 Å². The number of ether oxygens (including phenoxy) is 2. The first kappa shape index (κ1) is 18.5. The Labute approximate surface area is 159 Å². The van der Waals surface area contributed by atoms with Crippen molar-refractivity contribution >= 4 is 5.97 Å². The fourth-order valence-corrected chi connectivity index (χ4v) is 2.73. The smallest absolute Gasteiger partial charge is 0.349 e. The zero-order chi connectivity index (χ0) is 19.1. The zero-order valence-corrected chi connectivity index (χ0v) is 15.4. The lowest BCUT2D eigenvalue weighted by Crippen LogP contribution is -2.18. The van der Waals surface area contributed by atoms with E-state index < -0.39 is 5.97 Å². The van der Waals surface area contributed by atoms with Crippen LogP contribution in [0, 0.1) is 6.92 Å². The Hall–Kier alpha value is -3.33. The summed E-state index contributed by atoms with van der Waals surface area (Å²) in [7, 11) is 0. The molecule has 0 radical (unpaired) electrons. The molecule has 3 heteroatoms. The highest BCUT2D eigenvalue weighted by Crippen LogP contribution is 2.23. The maximum atomic E-state index is 12.1. The van der Waals surface area contributed by atoms with E-state index in [2.05, 4.69) is 37.8 Å². The van der Waals surface area contributed by atoms with Crippen LogP contribution in [0.15, 0.2) is 85.5 Å². The maximum Gasteiger partial charge on any atom is 0.349 e. The van der Waals surface area contributed by atoms with E-state index in [4.69, 9.17) is 9.47 Å². The van der Waals surface area contributed by atoms with Gasteiger partial charge in [-0.2, -0.15) is 0 Å². The van der Waals surface area contributed by atoms with Crippen molar-refractivity contribution in [2.75, 3.05) is 6.61 Å². The normalized spacial score (nSPS) is 10.3. The van der Waals surface area contributed by atoms with Crippen molar-refractivity contribution in [2.45, 2.75) is 13.3 Å². The molecule has 0 heterocycles. The lowest BCUT2D eigenvalue weighted by Gasteiger charge is -2.10. The van der Waals surface area contributed by atoms with Crippen LogP contribution in [0.25, 0.3) is 11.1 Å². The van der Waals surface area contributed by atoms with Gasteiger partial charge < -0.3 is 9.47 Å². The van der Waals surface area contributed by atoms with E-state index in [0.717, 1.165) is 16.7 Å². The van der Waals surface area contributed by atoms with E-state index in [9.17, 15) is 4.79 Å². The van der Waals surface area contributed by atoms with Crippen molar-refractivity contribution < 1.29 is 14.3 Å². The van der Waals surface area contributed by atoms with Crippen LogP contribution < -0.4 is 9.47 Å². The predicted molar refractivity (Wildman–Crippen MR) is 108 cm³/mol. The molecule has 0 N–H and O–H groups in total. The molecule has 3 rings (SSSR count). The van der Waals surface area contributed by atoms with E-state index in [0.29, 0.717) is 17.9 Å². The highest BCUT2D eigenvalue weighted by molar-refractivity contribution is 5.74. The van der Waals surface area contributed by atoms with Crippen LogP contribution >= 0.6 is 0 Å². The summed E-state index contributed by atoms with van der Waals surface area (Å²) in [6.45, 7) is 5.65. The molecule has 3 nitrogen and oxygen atoms in total. The fraction of sp³-hybridized carbons (Fsp3) is 0.125. The monoisotopic (exact) mass is 358 g/mol. The van der Waals surface area contributed by atoms with Crippen LogP contribution in [0.1, 0.15) is 11.1 Å². The first-order chi connectivity index (χ1) is 13.2. The van der Waals surface area contributed by atoms with Crippen LogP contribution in [-0.2, 0) is 11.2 Å². The standard InChI is InChI=1S/C24H22O3/c1-3-6-21-7-4-5-8-23(21)26-17-24(25)27-22-15-13-20(14-16-22)19-11-9-18(2)10-12-19/h3-5,7-16H,1,6,17H2,2H3. The quantitative estimate of drug-likeness (QED) is 0.323. The number of esters is 1. The molecule has 3 aromatic rings. The summed E-state index contributed by atoms with van der Waals surface area (Å²) in [4.78, 5) is 12.1. The fourth-order valence-electron chi connectivity index (χ4n) is 2.73. The Bertz CT molecular complexity index is 909. The van der Waals surface area contributed by atoms with Crippen LogP contribution in [-0.4, -0.2) is 12.6 Å². The molecule has 0 saturated carbocycles. The summed E-state index contributed by atoms with van der Waals surface area (Å²) >= 11 is 0. The summed E-state index contributed by atoms with van der Waals surface area (Å²) in [6.07, 6.45) is 2.49. The number of allylic oxidation sites excluding steroid dienone is 1. The van der Waals surface area contributed by atoms with E-state index in [1.165, 1.54) is 5.56 Å². The Morgan fingerprint density at radius 2 is 1.56 bits per heavy atom. The van der Waals surface area contributed by atoms with E-state index >= 15 is 0 Å². The Balaban J connectivity index is 1.58. The number of carbonyl (C=O) groups is 1. The van der Waals surface area contributed by atoms with E-state index in [1.54, 1.807) is 18.2 Å². The van der Waals surface area contributed by atoms with Gasteiger partial charge >= 0.3 is 5.97 Å². The molecule has 0 atom stereocenters. The Kier molecular flexibility index (Phi) is 6.06. The summed E-state index contributed by atoms with van der Waals surface area (Å²) < 4.78 is 11.0. The average molecular weight is 358 g/mol. The molecule has 3 aromatic carbocycles. The minimum atomic E-state index is -0.438. The molecule has 0 aliphatic heterocycles. The van der Waals surface area contributed by atoms with Crippen LogP contribution in [0.2, 0.25) is 0 Å². The first-order valence-electron chi connectivity index (χ1n) is 8.85. The minimum absolute atomic E-state index is 0.145. The van der Waals surface area contributed by atoms with Gasteiger partial charge in [0.15, 0.2) is 6.61 Å². The molecule has 136 valence electrons. The van der Waals surface area contributed by atoms with Gasteiger partial charge in [-0.1, -0.05) is 66.2 Å². The third kappa shape index (κ3) is 5.08. The van der Waals surface area contributed by atoms with Crippen LogP contribution in [0.3, 0.4) is 0 Å². The number of para-hydroxylation sites is 1. The molecule has 0 saturated heterocycles. The minimum Gasteiger partial charge on any atom is -0.482 e. The van der Waals surface area contributed by atoms with Crippen LogP contribution in [0.4, 0.5) is 0 Å². The lowest BCUT2D eigenvalue weighted by molar-refractivity contribution is -0.136. The topological polar surface area (TPSA) is 35.5 Å². The molecule has 0 spiro atoms. The van der Waals surface area contributed by atoms with Gasteiger partial charge in [0, 0.05) is 0 Å². The number of hydrogen-bond acceptors (Lipinski definition) is 3. The van der Waals surface area contributed by atoms with E-state index in [-0.39, 0.29) is 6.61 Å². The molecule has 0 fully saturated rings.